The molecule has 5 heteroatoms. The van der Waals surface area contributed by atoms with Crippen LogP contribution in [0.2, 0.25) is 0 Å². The Kier molecular flexibility index (Phi) is 4.70. The van der Waals surface area contributed by atoms with Gasteiger partial charge in [0.05, 0.1) is 12.1 Å². The van der Waals surface area contributed by atoms with E-state index in [-0.39, 0.29) is 6.10 Å². The van der Waals surface area contributed by atoms with E-state index < -0.39 is 0 Å². The standard InChI is InChI=1S/C16H23N3OS/c1-18-12-13(7-11-19-9-3-2-4-10-19)20-15-14(16(18)21)6-5-8-17-15/h5-6,8,13H,2-4,7,9-12H2,1H3. The van der Waals surface area contributed by atoms with Crippen molar-refractivity contribution in [3.63, 3.8) is 0 Å². The summed E-state index contributed by atoms with van der Waals surface area (Å²) in [4.78, 5) is 9.86. The summed E-state index contributed by atoms with van der Waals surface area (Å²) in [6.07, 6.45) is 7.01. The molecule has 1 unspecified atom stereocenters. The van der Waals surface area contributed by atoms with Crippen LogP contribution in [0.5, 0.6) is 5.88 Å². The van der Waals surface area contributed by atoms with Crippen molar-refractivity contribution in [1.82, 2.24) is 14.8 Å². The van der Waals surface area contributed by atoms with Gasteiger partial charge in [0.2, 0.25) is 5.88 Å². The van der Waals surface area contributed by atoms with Gasteiger partial charge in [-0.15, -0.1) is 0 Å². The van der Waals surface area contributed by atoms with Gasteiger partial charge < -0.3 is 14.5 Å². The highest BCUT2D eigenvalue weighted by molar-refractivity contribution is 7.80. The van der Waals surface area contributed by atoms with Crippen LogP contribution in [-0.4, -0.2) is 59.1 Å². The number of piperidine rings is 1. The fourth-order valence-corrected chi connectivity index (χ4v) is 3.33. The first-order valence-corrected chi connectivity index (χ1v) is 8.24. The van der Waals surface area contributed by atoms with E-state index >= 15 is 0 Å². The molecule has 1 aromatic rings. The summed E-state index contributed by atoms with van der Waals surface area (Å²) in [6.45, 7) is 4.40. The largest absolute Gasteiger partial charge is 0.472 e. The topological polar surface area (TPSA) is 28.6 Å². The number of likely N-dealkylation sites (tertiary alicyclic amines) is 1. The molecule has 114 valence electrons. The number of hydrogen-bond acceptors (Lipinski definition) is 4. The van der Waals surface area contributed by atoms with Crippen molar-refractivity contribution in [2.45, 2.75) is 31.8 Å². The van der Waals surface area contributed by atoms with E-state index in [0.717, 1.165) is 30.1 Å². The quantitative estimate of drug-likeness (QED) is 0.799. The number of hydrogen-bond donors (Lipinski definition) is 0. The van der Waals surface area contributed by atoms with Gasteiger partial charge >= 0.3 is 0 Å². The predicted octanol–water partition coefficient (Wildman–Crippen LogP) is 2.33. The highest BCUT2D eigenvalue weighted by Gasteiger charge is 2.25. The Morgan fingerprint density at radius 3 is 2.95 bits per heavy atom. The van der Waals surface area contributed by atoms with Crippen LogP contribution in [-0.2, 0) is 0 Å². The Balaban J connectivity index is 1.65. The molecule has 1 atom stereocenters. The maximum Gasteiger partial charge on any atom is 0.224 e. The first-order valence-electron chi connectivity index (χ1n) is 7.83. The molecule has 21 heavy (non-hydrogen) atoms. The molecule has 2 aliphatic heterocycles. The average Bonchev–Trinajstić information content (AvgIpc) is 2.64. The number of fused-ring (bicyclic) bond motifs is 1. The molecule has 4 nitrogen and oxygen atoms in total. The van der Waals surface area contributed by atoms with Gasteiger partial charge in [-0.2, -0.15) is 0 Å². The lowest BCUT2D eigenvalue weighted by atomic mass is 10.1. The Hall–Kier alpha value is -1.20. The fourth-order valence-electron chi connectivity index (χ4n) is 3.10. The van der Waals surface area contributed by atoms with Gasteiger partial charge in [0.1, 0.15) is 11.1 Å². The van der Waals surface area contributed by atoms with E-state index in [1.807, 2.05) is 19.2 Å². The van der Waals surface area contributed by atoms with E-state index in [2.05, 4.69) is 14.8 Å². The van der Waals surface area contributed by atoms with Crippen LogP contribution in [0.1, 0.15) is 31.2 Å². The zero-order valence-corrected chi connectivity index (χ0v) is 13.4. The van der Waals surface area contributed by atoms with Crippen molar-refractivity contribution < 1.29 is 4.74 Å². The van der Waals surface area contributed by atoms with Crippen LogP contribution in [0.3, 0.4) is 0 Å². The van der Waals surface area contributed by atoms with Gasteiger partial charge in [0.25, 0.3) is 0 Å². The lowest BCUT2D eigenvalue weighted by molar-refractivity contribution is 0.135. The molecule has 1 saturated heterocycles. The molecule has 0 amide bonds. The van der Waals surface area contributed by atoms with Gasteiger partial charge in [-0.3, -0.25) is 0 Å². The molecular weight excluding hydrogens is 282 g/mol. The van der Waals surface area contributed by atoms with E-state index in [1.165, 1.54) is 32.4 Å². The predicted molar refractivity (Wildman–Crippen MR) is 87.9 cm³/mol. The monoisotopic (exact) mass is 305 g/mol. The first-order chi connectivity index (χ1) is 10.2. The maximum absolute atomic E-state index is 6.12. The minimum atomic E-state index is 0.158. The summed E-state index contributed by atoms with van der Waals surface area (Å²) in [5.41, 5.74) is 0.940. The van der Waals surface area contributed by atoms with Crippen LogP contribution in [0.25, 0.3) is 0 Å². The summed E-state index contributed by atoms with van der Waals surface area (Å²) in [5, 5.41) is 0. The van der Waals surface area contributed by atoms with Gasteiger partial charge in [-0.25, -0.2) is 4.98 Å². The second-order valence-corrected chi connectivity index (χ2v) is 6.36. The highest BCUT2D eigenvalue weighted by atomic mass is 32.1. The lowest BCUT2D eigenvalue weighted by Crippen LogP contribution is -2.37. The van der Waals surface area contributed by atoms with Gasteiger partial charge in [-0.1, -0.05) is 18.6 Å². The molecule has 1 aromatic heterocycles. The summed E-state index contributed by atoms with van der Waals surface area (Å²) in [7, 11) is 2.04. The van der Waals surface area contributed by atoms with Crippen molar-refractivity contribution >= 4 is 17.2 Å². The molecule has 1 fully saturated rings. The normalized spacial score (nSPS) is 23.4. The number of nitrogens with zero attached hydrogens (tertiary/aromatic N) is 3. The Labute approximate surface area is 132 Å². The molecule has 0 N–H and O–H groups in total. The molecular formula is C16H23N3OS. The van der Waals surface area contributed by atoms with Crippen molar-refractivity contribution in [3.05, 3.63) is 23.9 Å². The SMILES string of the molecule is CN1CC(CCN2CCCCC2)Oc2ncccc2C1=S. The lowest BCUT2D eigenvalue weighted by Gasteiger charge is -2.28. The smallest absolute Gasteiger partial charge is 0.224 e. The second-order valence-electron chi connectivity index (χ2n) is 5.97. The molecule has 0 radical (unpaired) electrons. The Bertz CT molecular complexity index is 502. The summed E-state index contributed by atoms with van der Waals surface area (Å²) < 4.78 is 6.12. The maximum atomic E-state index is 6.12. The summed E-state index contributed by atoms with van der Waals surface area (Å²) in [6, 6.07) is 3.91. The molecule has 3 heterocycles. The summed E-state index contributed by atoms with van der Waals surface area (Å²) >= 11 is 5.53. The number of likely N-dealkylation sites (N-methyl/N-ethyl adjacent to an activating group) is 1. The number of aromatic nitrogens is 1. The van der Waals surface area contributed by atoms with Crippen molar-refractivity contribution in [1.29, 1.82) is 0 Å². The molecule has 0 aliphatic carbocycles. The number of ether oxygens (including phenoxy) is 1. The van der Waals surface area contributed by atoms with Crippen LogP contribution >= 0.6 is 12.2 Å². The Morgan fingerprint density at radius 2 is 2.14 bits per heavy atom. The van der Waals surface area contributed by atoms with E-state index in [1.54, 1.807) is 6.20 Å². The van der Waals surface area contributed by atoms with Crippen LogP contribution in [0.15, 0.2) is 18.3 Å². The van der Waals surface area contributed by atoms with E-state index in [4.69, 9.17) is 17.0 Å². The van der Waals surface area contributed by atoms with Crippen LogP contribution < -0.4 is 4.74 Å². The summed E-state index contributed by atoms with van der Waals surface area (Å²) in [5.74, 6) is 0.690. The van der Waals surface area contributed by atoms with E-state index in [9.17, 15) is 0 Å². The fraction of sp³-hybridized carbons (Fsp3) is 0.625. The zero-order chi connectivity index (χ0) is 14.7. The molecule has 0 bridgehead atoms. The minimum Gasteiger partial charge on any atom is -0.472 e. The number of pyridine rings is 1. The van der Waals surface area contributed by atoms with E-state index in [0.29, 0.717) is 5.88 Å². The number of rotatable bonds is 3. The van der Waals surface area contributed by atoms with Gasteiger partial charge in [0, 0.05) is 19.8 Å². The zero-order valence-electron chi connectivity index (χ0n) is 12.6. The first kappa shape index (κ1) is 14.7. The molecule has 0 spiro atoms. The van der Waals surface area contributed by atoms with Crippen LogP contribution in [0.4, 0.5) is 0 Å². The highest BCUT2D eigenvalue weighted by Crippen LogP contribution is 2.23. The third-order valence-corrected chi connectivity index (χ3v) is 4.85. The molecule has 0 aromatic carbocycles. The number of thiocarbonyl (C=S) groups is 1. The molecule has 2 aliphatic rings. The second kappa shape index (κ2) is 6.71. The van der Waals surface area contributed by atoms with Crippen molar-refractivity contribution in [2.75, 3.05) is 33.2 Å². The molecule has 0 saturated carbocycles. The minimum absolute atomic E-state index is 0.158. The third kappa shape index (κ3) is 3.52. The average molecular weight is 305 g/mol. The Morgan fingerprint density at radius 1 is 1.33 bits per heavy atom. The molecule has 3 rings (SSSR count). The van der Waals surface area contributed by atoms with Gasteiger partial charge in [-0.05, 0) is 44.5 Å². The third-order valence-electron chi connectivity index (χ3n) is 4.32. The van der Waals surface area contributed by atoms with Crippen LogP contribution in [0, 0.1) is 0 Å². The van der Waals surface area contributed by atoms with Crippen molar-refractivity contribution in [3.8, 4) is 5.88 Å². The van der Waals surface area contributed by atoms with Gasteiger partial charge in [0.15, 0.2) is 0 Å². The van der Waals surface area contributed by atoms with Crippen molar-refractivity contribution in [2.24, 2.45) is 0 Å².